The molecular weight excluding hydrogens is 226 g/mol. The van der Waals surface area contributed by atoms with E-state index >= 15 is 0 Å². The van der Waals surface area contributed by atoms with Gasteiger partial charge in [-0.2, -0.15) is 10.4 Å². The minimum Gasteiger partial charge on any atom is -0.351 e. The molecule has 0 aromatic carbocycles. The molecule has 0 amide bonds. The van der Waals surface area contributed by atoms with Crippen LogP contribution >= 0.6 is 0 Å². The molecule has 2 heterocycles. The molecule has 0 spiro atoms. The average molecular weight is 245 g/mol. The van der Waals surface area contributed by atoms with Gasteiger partial charge in [0, 0.05) is 25.2 Å². The van der Waals surface area contributed by atoms with Crippen molar-refractivity contribution in [2.45, 2.75) is 39.8 Å². The Morgan fingerprint density at radius 2 is 1.83 bits per heavy atom. The van der Waals surface area contributed by atoms with Gasteiger partial charge in [0.25, 0.3) is 0 Å². The molecule has 5 heteroatoms. The maximum atomic E-state index is 9.33. The van der Waals surface area contributed by atoms with Gasteiger partial charge in [-0.1, -0.05) is 0 Å². The first-order valence-electron chi connectivity index (χ1n) is 6.28. The van der Waals surface area contributed by atoms with E-state index in [0.717, 1.165) is 30.2 Å². The van der Waals surface area contributed by atoms with Crippen LogP contribution in [0.3, 0.4) is 0 Å². The largest absolute Gasteiger partial charge is 0.351 e. The molecule has 0 saturated carbocycles. The Hall–Kier alpha value is -1.67. The predicted octanol–water partition coefficient (Wildman–Crippen LogP) is 1.15. The first-order valence-corrected chi connectivity index (χ1v) is 6.28. The fraction of sp³-hybridized carbons (Fsp3) is 0.615. The monoisotopic (exact) mass is 245 g/mol. The van der Waals surface area contributed by atoms with E-state index in [4.69, 9.17) is 0 Å². The van der Waals surface area contributed by atoms with E-state index in [-0.39, 0.29) is 0 Å². The molecule has 1 N–H and O–H groups in total. The van der Waals surface area contributed by atoms with E-state index in [0.29, 0.717) is 17.6 Å². The van der Waals surface area contributed by atoms with E-state index < -0.39 is 0 Å². The van der Waals surface area contributed by atoms with E-state index in [2.05, 4.69) is 40.3 Å². The van der Waals surface area contributed by atoms with Crippen molar-refractivity contribution in [3.63, 3.8) is 0 Å². The summed E-state index contributed by atoms with van der Waals surface area (Å²) in [6.07, 6.45) is 0. The minimum absolute atomic E-state index is 0.392. The van der Waals surface area contributed by atoms with Crippen LogP contribution in [-0.2, 0) is 0 Å². The molecule has 0 bridgehead atoms. The number of hydrogen-bond donors (Lipinski definition) is 1. The van der Waals surface area contributed by atoms with Crippen molar-refractivity contribution in [3.05, 3.63) is 16.8 Å². The fourth-order valence-electron chi connectivity index (χ4n) is 2.45. The zero-order chi connectivity index (χ0) is 13.3. The second kappa shape index (κ2) is 4.91. The van der Waals surface area contributed by atoms with Gasteiger partial charge >= 0.3 is 0 Å². The second-order valence-electron chi connectivity index (χ2n) is 5.09. The predicted molar refractivity (Wildman–Crippen MR) is 70.5 cm³/mol. The van der Waals surface area contributed by atoms with Crippen LogP contribution in [0.1, 0.15) is 30.7 Å². The Morgan fingerprint density at radius 3 is 2.39 bits per heavy atom. The number of rotatable bonds is 1. The zero-order valence-electron chi connectivity index (χ0n) is 11.4. The van der Waals surface area contributed by atoms with Gasteiger partial charge in [0.2, 0.25) is 0 Å². The summed E-state index contributed by atoms with van der Waals surface area (Å²) in [7, 11) is 0. The molecule has 0 radical (unpaired) electrons. The zero-order valence-corrected chi connectivity index (χ0v) is 11.4. The molecule has 1 fully saturated rings. The van der Waals surface area contributed by atoms with Crippen LogP contribution < -0.4 is 10.2 Å². The highest BCUT2D eigenvalue weighted by Gasteiger charge is 2.25. The minimum atomic E-state index is 0.392. The lowest BCUT2D eigenvalue weighted by atomic mass is 10.1. The number of nitrogens with zero attached hydrogens (tertiary/aromatic N) is 4. The molecule has 2 unspecified atom stereocenters. The molecule has 1 saturated heterocycles. The number of aryl methyl sites for hydroxylation is 1. The van der Waals surface area contributed by atoms with Crippen LogP contribution in [0.2, 0.25) is 0 Å². The Kier molecular flexibility index (Phi) is 3.48. The van der Waals surface area contributed by atoms with Crippen molar-refractivity contribution in [2.75, 3.05) is 18.0 Å². The highest BCUT2D eigenvalue weighted by molar-refractivity contribution is 5.57. The molecule has 5 nitrogen and oxygen atoms in total. The van der Waals surface area contributed by atoms with Crippen LogP contribution in [0.5, 0.6) is 0 Å². The van der Waals surface area contributed by atoms with Crippen molar-refractivity contribution in [3.8, 4) is 6.07 Å². The van der Waals surface area contributed by atoms with Gasteiger partial charge in [0.05, 0.1) is 5.69 Å². The molecule has 2 rings (SSSR count). The van der Waals surface area contributed by atoms with Crippen LogP contribution in [0, 0.1) is 25.2 Å². The standard InChI is InChI=1S/C13H19N5/c1-8-6-18(7-9(2)15-8)13-12(5-14)10(3)11(4)16-17-13/h8-9,15H,6-7H2,1-4H3. The van der Waals surface area contributed by atoms with Gasteiger partial charge in [0.1, 0.15) is 11.6 Å². The van der Waals surface area contributed by atoms with Crippen molar-refractivity contribution in [1.29, 1.82) is 5.26 Å². The number of nitrogens with one attached hydrogen (secondary N) is 1. The molecule has 96 valence electrons. The number of piperazine rings is 1. The van der Waals surface area contributed by atoms with Crippen molar-refractivity contribution in [2.24, 2.45) is 0 Å². The number of nitriles is 1. The van der Waals surface area contributed by atoms with E-state index in [1.807, 2.05) is 13.8 Å². The van der Waals surface area contributed by atoms with E-state index in [1.54, 1.807) is 0 Å². The van der Waals surface area contributed by atoms with Gasteiger partial charge in [-0.15, -0.1) is 5.10 Å². The summed E-state index contributed by atoms with van der Waals surface area (Å²) >= 11 is 0. The van der Waals surface area contributed by atoms with Gasteiger partial charge in [0.15, 0.2) is 5.82 Å². The second-order valence-corrected chi connectivity index (χ2v) is 5.09. The molecule has 0 aliphatic carbocycles. The third kappa shape index (κ3) is 2.29. The Labute approximate surface area is 108 Å². The van der Waals surface area contributed by atoms with Gasteiger partial charge in [-0.05, 0) is 33.3 Å². The summed E-state index contributed by atoms with van der Waals surface area (Å²) in [6.45, 7) is 9.82. The maximum Gasteiger partial charge on any atom is 0.169 e. The molecule has 2 atom stereocenters. The summed E-state index contributed by atoms with van der Waals surface area (Å²) in [5, 5.41) is 21.2. The SMILES string of the molecule is Cc1nnc(N2CC(C)NC(C)C2)c(C#N)c1C. The summed E-state index contributed by atoms with van der Waals surface area (Å²) < 4.78 is 0. The number of hydrogen-bond acceptors (Lipinski definition) is 5. The fourth-order valence-corrected chi connectivity index (χ4v) is 2.45. The molecule has 1 aromatic rings. The van der Waals surface area contributed by atoms with E-state index in [1.165, 1.54) is 0 Å². The molecule has 1 aromatic heterocycles. The Bertz CT molecular complexity index is 481. The van der Waals surface area contributed by atoms with E-state index in [9.17, 15) is 5.26 Å². The highest BCUT2D eigenvalue weighted by Crippen LogP contribution is 2.22. The topological polar surface area (TPSA) is 64.8 Å². The maximum absolute atomic E-state index is 9.33. The summed E-state index contributed by atoms with van der Waals surface area (Å²) in [4.78, 5) is 2.16. The molecular formula is C13H19N5. The Morgan fingerprint density at radius 1 is 1.22 bits per heavy atom. The Balaban J connectivity index is 2.39. The number of aromatic nitrogens is 2. The highest BCUT2D eigenvalue weighted by atomic mass is 15.3. The average Bonchev–Trinajstić information content (AvgIpc) is 2.31. The van der Waals surface area contributed by atoms with Crippen LogP contribution in [0.15, 0.2) is 0 Å². The molecule has 1 aliphatic heterocycles. The summed E-state index contributed by atoms with van der Waals surface area (Å²) in [5.41, 5.74) is 2.41. The number of anilines is 1. The first-order chi connectivity index (χ1) is 8.52. The van der Waals surface area contributed by atoms with Crippen LogP contribution in [0.4, 0.5) is 5.82 Å². The van der Waals surface area contributed by atoms with Gasteiger partial charge in [-0.25, -0.2) is 0 Å². The molecule has 18 heavy (non-hydrogen) atoms. The third-order valence-corrected chi connectivity index (χ3v) is 3.40. The van der Waals surface area contributed by atoms with Gasteiger partial charge in [-0.3, -0.25) is 0 Å². The van der Waals surface area contributed by atoms with Crippen molar-refractivity contribution in [1.82, 2.24) is 15.5 Å². The lowest BCUT2D eigenvalue weighted by molar-refractivity contribution is 0.404. The van der Waals surface area contributed by atoms with Gasteiger partial charge < -0.3 is 10.2 Å². The normalized spacial score (nSPS) is 23.8. The first kappa shape index (κ1) is 12.8. The van der Waals surface area contributed by atoms with Crippen molar-refractivity contribution < 1.29 is 0 Å². The lowest BCUT2D eigenvalue weighted by Crippen LogP contribution is -2.54. The molecule has 1 aliphatic rings. The lowest BCUT2D eigenvalue weighted by Gasteiger charge is -2.37. The smallest absolute Gasteiger partial charge is 0.169 e. The van der Waals surface area contributed by atoms with Crippen LogP contribution in [-0.4, -0.2) is 35.4 Å². The van der Waals surface area contributed by atoms with Crippen molar-refractivity contribution >= 4 is 5.82 Å². The summed E-state index contributed by atoms with van der Waals surface area (Å²) in [6, 6.07) is 3.05. The third-order valence-electron chi connectivity index (χ3n) is 3.40. The quantitative estimate of drug-likeness (QED) is 0.804. The van der Waals surface area contributed by atoms with Crippen LogP contribution in [0.25, 0.3) is 0 Å². The summed E-state index contributed by atoms with van der Waals surface area (Å²) in [5.74, 6) is 0.723.